The number of ketones is 1. The van der Waals surface area contributed by atoms with Crippen LogP contribution in [0, 0.1) is 0 Å². The number of rotatable bonds is 4. The van der Waals surface area contributed by atoms with Crippen molar-refractivity contribution in [3.63, 3.8) is 0 Å². The van der Waals surface area contributed by atoms with Gasteiger partial charge < -0.3 is 0 Å². The molecule has 0 atom stereocenters. The molecule has 1 heterocycles. The Bertz CT molecular complexity index is 1030. The second-order valence-electron chi connectivity index (χ2n) is 5.88. The molecule has 1 aromatic heterocycles. The van der Waals surface area contributed by atoms with Crippen molar-refractivity contribution >= 4 is 5.78 Å². The van der Waals surface area contributed by atoms with Crippen LogP contribution in [0.1, 0.15) is 15.9 Å². The van der Waals surface area contributed by atoms with Crippen molar-refractivity contribution in [1.29, 1.82) is 0 Å². The first kappa shape index (κ1) is 15.9. The Morgan fingerprint density at radius 1 is 0.654 bits per heavy atom. The van der Waals surface area contributed by atoms with E-state index in [0.717, 1.165) is 11.1 Å². The van der Waals surface area contributed by atoms with Crippen LogP contribution in [0.3, 0.4) is 0 Å². The van der Waals surface area contributed by atoms with E-state index in [9.17, 15) is 4.79 Å². The van der Waals surface area contributed by atoms with E-state index in [4.69, 9.17) is 4.98 Å². The maximum absolute atomic E-state index is 13.0. The predicted molar refractivity (Wildman–Crippen MR) is 103 cm³/mol. The molecule has 0 N–H and O–H groups in total. The highest BCUT2D eigenvalue weighted by Crippen LogP contribution is 2.26. The van der Waals surface area contributed by atoms with Gasteiger partial charge in [-0.25, -0.2) is 9.97 Å². The van der Waals surface area contributed by atoms with Crippen molar-refractivity contribution in [2.45, 2.75) is 0 Å². The molecule has 0 saturated heterocycles. The van der Waals surface area contributed by atoms with E-state index in [1.165, 1.54) is 0 Å². The van der Waals surface area contributed by atoms with Gasteiger partial charge in [-0.2, -0.15) is 0 Å². The van der Waals surface area contributed by atoms with Crippen molar-refractivity contribution < 1.29 is 4.79 Å². The zero-order chi connectivity index (χ0) is 17.8. The van der Waals surface area contributed by atoms with Crippen molar-refractivity contribution in [2.24, 2.45) is 0 Å². The van der Waals surface area contributed by atoms with Gasteiger partial charge in [0.2, 0.25) is 0 Å². The monoisotopic (exact) mass is 336 g/mol. The molecule has 0 aliphatic rings. The normalized spacial score (nSPS) is 10.5. The average Bonchev–Trinajstić information content (AvgIpc) is 2.75. The first-order valence-corrected chi connectivity index (χ1v) is 8.40. The summed E-state index contributed by atoms with van der Waals surface area (Å²) >= 11 is 0. The number of nitrogens with zero attached hydrogens (tertiary/aromatic N) is 2. The average molecular weight is 336 g/mol. The van der Waals surface area contributed by atoms with Crippen LogP contribution in [-0.4, -0.2) is 15.8 Å². The van der Waals surface area contributed by atoms with Gasteiger partial charge in [-0.3, -0.25) is 4.79 Å². The molecule has 3 aromatic carbocycles. The quantitative estimate of drug-likeness (QED) is 0.490. The molecule has 4 rings (SSSR count). The van der Waals surface area contributed by atoms with Crippen molar-refractivity contribution in [2.75, 3.05) is 0 Å². The molecule has 0 aliphatic heterocycles. The Kier molecular flexibility index (Phi) is 4.35. The Morgan fingerprint density at radius 3 is 1.81 bits per heavy atom. The van der Waals surface area contributed by atoms with Gasteiger partial charge >= 0.3 is 0 Å². The first-order valence-electron chi connectivity index (χ1n) is 8.40. The molecule has 0 amide bonds. The van der Waals surface area contributed by atoms with Crippen molar-refractivity contribution in [3.8, 4) is 22.6 Å². The van der Waals surface area contributed by atoms with Gasteiger partial charge in [0.05, 0.1) is 11.3 Å². The van der Waals surface area contributed by atoms with Gasteiger partial charge in [0.25, 0.3) is 0 Å². The summed E-state index contributed by atoms with van der Waals surface area (Å²) in [5, 5.41) is 0. The Balaban J connectivity index is 1.88. The van der Waals surface area contributed by atoms with E-state index in [-0.39, 0.29) is 5.78 Å². The summed E-state index contributed by atoms with van der Waals surface area (Å²) < 4.78 is 0. The van der Waals surface area contributed by atoms with Crippen LogP contribution >= 0.6 is 0 Å². The largest absolute Gasteiger partial charge is 0.288 e. The topological polar surface area (TPSA) is 42.9 Å². The van der Waals surface area contributed by atoms with Gasteiger partial charge in [0.15, 0.2) is 11.6 Å². The third-order valence-corrected chi connectivity index (χ3v) is 4.15. The van der Waals surface area contributed by atoms with E-state index in [0.29, 0.717) is 22.6 Å². The molecule has 0 bridgehead atoms. The summed E-state index contributed by atoms with van der Waals surface area (Å²) in [7, 11) is 0. The Labute approximate surface area is 152 Å². The minimum absolute atomic E-state index is 0.0796. The zero-order valence-corrected chi connectivity index (χ0v) is 14.0. The summed E-state index contributed by atoms with van der Waals surface area (Å²) in [4.78, 5) is 22.2. The molecule has 0 unspecified atom stereocenters. The highest BCUT2D eigenvalue weighted by Gasteiger charge is 2.18. The van der Waals surface area contributed by atoms with Crippen molar-refractivity contribution in [3.05, 3.63) is 108 Å². The maximum Gasteiger partial charge on any atom is 0.196 e. The summed E-state index contributed by atoms with van der Waals surface area (Å²) in [5.74, 6) is 0.526. The SMILES string of the molecule is O=C(c1ccccc1)c1cnc(-c2ccccc2)nc1-c1ccccc1. The lowest BCUT2D eigenvalue weighted by atomic mass is 9.99. The molecular formula is C23H16N2O. The van der Waals surface area contributed by atoms with Crippen LogP contribution in [0.5, 0.6) is 0 Å². The van der Waals surface area contributed by atoms with Crippen LogP contribution in [0.4, 0.5) is 0 Å². The summed E-state index contributed by atoms with van der Waals surface area (Å²) in [6.07, 6.45) is 1.63. The summed E-state index contributed by atoms with van der Waals surface area (Å²) in [6, 6.07) is 28.7. The highest BCUT2D eigenvalue weighted by atomic mass is 16.1. The summed E-state index contributed by atoms with van der Waals surface area (Å²) in [6.45, 7) is 0. The lowest BCUT2D eigenvalue weighted by Crippen LogP contribution is -2.07. The molecule has 0 fully saturated rings. The molecule has 0 saturated carbocycles. The second-order valence-corrected chi connectivity index (χ2v) is 5.88. The minimum atomic E-state index is -0.0796. The molecule has 0 spiro atoms. The molecular weight excluding hydrogens is 320 g/mol. The van der Waals surface area contributed by atoms with Gasteiger partial charge in [-0.05, 0) is 0 Å². The smallest absolute Gasteiger partial charge is 0.196 e. The van der Waals surface area contributed by atoms with Crippen molar-refractivity contribution in [1.82, 2.24) is 9.97 Å². The van der Waals surface area contributed by atoms with Crippen LogP contribution in [-0.2, 0) is 0 Å². The Hall–Kier alpha value is -3.59. The fourth-order valence-corrected chi connectivity index (χ4v) is 2.84. The maximum atomic E-state index is 13.0. The lowest BCUT2D eigenvalue weighted by molar-refractivity contribution is 0.103. The molecule has 26 heavy (non-hydrogen) atoms. The first-order chi connectivity index (χ1) is 12.8. The lowest BCUT2D eigenvalue weighted by Gasteiger charge is -2.10. The zero-order valence-electron chi connectivity index (χ0n) is 14.0. The molecule has 124 valence electrons. The standard InChI is InChI=1S/C23H16N2O/c26-22(18-12-6-2-7-13-18)20-16-24-23(19-14-8-3-9-15-19)25-21(20)17-10-4-1-5-11-17/h1-16H. The third kappa shape index (κ3) is 3.15. The summed E-state index contributed by atoms with van der Waals surface area (Å²) in [5.41, 5.74) is 3.59. The highest BCUT2D eigenvalue weighted by molar-refractivity contribution is 6.12. The number of aromatic nitrogens is 2. The van der Waals surface area contributed by atoms with E-state index < -0.39 is 0 Å². The number of benzene rings is 3. The number of hydrogen-bond acceptors (Lipinski definition) is 3. The van der Waals surface area contributed by atoms with E-state index in [2.05, 4.69) is 4.98 Å². The van der Waals surface area contributed by atoms with Gasteiger partial charge in [0.1, 0.15) is 0 Å². The second kappa shape index (κ2) is 7.11. The third-order valence-electron chi connectivity index (χ3n) is 4.15. The minimum Gasteiger partial charge on any atom is -0.288 e. The molecule has 0 aliphatic carbocycles. The van der Waals surface area contributed by atoms with Gasteiger partial charge in [-0.1, -0.05) is 91.0 Å². The van der Waals surface area contributed by atoms with Gasteiger partial charge in [-0.15, -0.1) is 0 Å². The molecule has 3 heteroatoms. The van der Waals surface area contributed by atoms with Crippen LogP contribution in [0.25, 0.3) is 22.6 Å². The van der Waals surface area contributed by atoms with Crippen LogP contribution in [0.15, 0.2) is 97.2 Å². The van der Waals surface area contributed by atoms with E-state index >= 15 is 0 Å². The number of carbonyl (C=O) groups excluding carboxylic acids is 1. The number of carbonyl (C=O) groups is 1. The molecule has 0 radical (unpaired) electrons. The van der Waals surface area contributed by atoms with Gasteiger partial charge in [0, 0.05) is 22.9 Å². The van der Waals surface area contributed by atoms with Crippen LogP contribution in [0.2, 0.25) is 0 Å². The fourth-order valence-electron chi connectivity index (χ4n) is 2.84. The number of hydrogen-bond donors (Lipinski definition) is 0. The van der Waals surface area contributed by atoms with Crippen LogP contribution < -0.4 is 0 Å². The molecule has 4 aromatic rings. The fraction of sp³-hybridized carbons (Fsp3) is 0. The predicted octanol–water partition coefficient (Wildman–Crippen LogP) is 5.04. The van der Waals surface area contributed by atoms with E-state index in [1.54, 1.807) is 6.20 Å². The van der Waals surface area contributed by atoms with E-state index in [1.807, 2.05) is 91.0 Å². The Morgan fingerprint density at radius 2 is 1.19 bits per heavy atom. The molecule has 3 nitrogen and oxygen atoms in total.